The molecule has 0 fully saturated rings. The number of hydrogen-bond donors (Lipinski definition) is 4. The summed E-state index contributed by atoms with van der Waals surface area (Å²) in [5.41, 5.74) is 11.9. The maximum atomic E-state index is 12.6. The third kappa shape index (κ3) is 11.3. The van der Waals surface area contributed by atoms with E-state index in [-0.39, 0.29) is 94.0 Å². The number of carboxylic acids is 1. The van der Waals surface area contributed by atoms with Crippen molar-refractivity contribution >= 4 is 52.4 Å². The molecule has 0 spiro atoms. The summed E-state index contributed by atoms with van der Waals surface area (Å²) in [5.74, 6) is -2.24. The molecule has 12 nitrogen and oxygen atoms in total. The largest absolute Gasteiger partial charge is 1.00 e. The summed E-state index contributed by atoms with van der Waals surface area (Å²) in [6.45, 7) is 6.35. The number of carboxylic acid groups (broad SMARTS) is 1. The summed E-state index contributed by atoms with van der Waals surface area (Å²) in [5, 5.41) is 36.6. The smallest absolute Gasteiger partial charge is 0.545 e. The Morgan fingerprint density at radius 3 is 2.29 bits per heavy atom. The number of fused-ring (bicyclic) bond motifs is 2. The van der Waals surface area contributed by atoms with Crippen LogP contribution in [0.4, 0.5) is 5.69 Å². The first-order valence-corrected chi connectivity index (χ1v) is 15.6. The summed E-state index contributed by atoms with van der Waals surface area (Å²) in [7, 11) is 0. The average molecular weight is 739 g/mol. The predicted octanol–water partition coefficient (Wildman–Crippen LogP) is -3.14. The Hall–Kier alpha value is -3.98. The van der Waals surface area contributed by atoms with Crippen LogP contribution >= 0.6 is 12.2 Å². The molecule has 2 aliphatic carbocycles. The summed E-state index contributed by atoms with van der Waals surface area (Å²) in [6.07, 6.45) is 6.43. The van der Waals surface area contributed by atoms with Crippen molar-refractivity contribution in [3.63, 3.8) is 0 Å². The van der Waals surface area contributed by atoms with Gasteiger partial charge in [0.1, 0.15) is 11.7 Å². The third-order valence-electron chi connectivity index (χ3n) is 7.96. The van der Waals surface area contributed by atoms with Crippen LogP contribution in [-0.2, 0) is 38.7 Å². The molecular weight excluding hydrogens is 706 g/mol. The molecule has 15 heteroatoms. The van der Waals surface area contributed by atoms with E-state index in [1.807, 2.05) is 29.2 Å². The van der Waals surface area contributed by atoms with E-state index in [1.54, 1.807) is 30.3 Å². The van der Waals surface area contributed by atoms with Gasteiger partial charge in [-0.15, -0.1) is 0 Å². The Balaban J connectivity index is 0.00000181. The Kier molecular flexibility index (Phi) is 17.8. The molecule has 0 aromatic heterocycles. The molecule has 0 bridgehead atoms. The summed E-state index contributed by atoms with van der Waals surface area (Å²) >= 11 is 5.76. The molecule has 5 rings (SSSR count). The number of ketones is 1. The molecule has 2 aliphatic rings. The number of nitrogens with zero attached hydrogens (tertiary/aromatic N) is 2. The van der Waals surface area contributed by atoms with Gasteiger partial charge < -0.3 is 41.0 Å². The molecule has 0 saturated carbocycles. The molecule has 256 valence electrons. The monoisotopic (exact) mass is 738 g/mol. The first-order valence-electron chi connectivity index (χ1n) is 15.2. The fourth-order valence-electron chi connectivity index (χ4n) is 5.64. The maximum absolute atomic E-state index is 12.6. The zero-order valence-electron chi connectivity index (χ0n) is 28.6. The van der Waals surface area contributed by atoms with Crippen LogP contribution in [0.25, 0.3) is 5.57 Å². The van der Waals surface area contributed by atoms with E-state index < -0.39 is 11.9 Å². The van der Waals surface area contributed by atoms with Gasteiger partial charge in [0, 0.05) is 37.4 Å². The second kappa shape index (κ2) is 20.9. The molecule has 0 aliphatic heterocycles. The van der Waals surface area contributed by atoms with Gasteiger partial charge in [0.25, 0.3) is 0 Å². The van der Waals surface area contributed by atoms with Crippen molar-refractivity contribution in [2.75, 3.05) is 18.4 Å². The van der Waals surface area contributed by atoms with E-state index in [4.69, 9.17) is 34.1 Å². The van der Waals surface area contributed by atoms with Gasteiger partial charge in [-0.25, -0.2) is 0 Å². The van der Waals surface area contributed by atoms with E-state index >= 15 is 0 Å². The maximum Gasteiger partial charge on any atom is 1.00 e. The first kappa shape index (κ1) is 44.2. The second-order valence-electron chi connectivity index (χ2n) is 11.2. The first-order chi connectivity index (χ1) is 24.0. The minimum atomic E-state index is -1.41. The molecule has 0 saturated heterocycles. The Morgan fingerprint density at radius 1 is 1.00 bits per heavy atom. The van der Waals surface area contributed by atoms with Gasteiger partial charge in [-0.3, -0.25) is 16.4 Å². The fraction of sp³-hybridized carbons (Fsp3) is 0.162. The number of benzene rings is 3. The minimum Gasteiger partial charge on any atom is -0.545 e. The van der Waals surface area contributed by atoms with Crippen LogP contribution in [0.3, 0.4) is 0 Å². The van der Waals surface area contributed by atoms with E-state index in [0.29, 0.717) is 54.4 Å². The van der Waals surface area contributed by atoms with Gasteiger partial charge in [0.15, 0.2) is 10.9 Å². The number of phenolic OH excluding ortho intramolecular Hbond substituents is 1. The molecule has 0 unspecified atom stereocenters. The molecule has 0 heterocycles. The number of nitrogens with two attached hydrogens (primary N) is 1. The zero-order chi connectivity index (χ0) is 36.4. The summed E-state index contributed by atoms with van der Waals surface area (Å²) < 4.78 is 0. The molecule has 0 radical (unpaired) electrons. The van der Waals surface area contributed by atoms with Crippen molar-refractivity contribution in [1.82, 2.24) is 9.96 Å². The molecule has 3 aromatic rings. The van der Waals surface area contributed by atoms with E-state index in [9.17, 15) is 29.8 Å². The van der Waals surface area contributed by atoms with Crippen molar-refractivity contribution in [3.8, 4) is 5.75 Å². The van der Waals surface area contributed by atoms with E-state index in [2.05, 4.69) is 5.32 Å². The van der Waals surface area contributed by atoms with Crippen LogP contribution in [0.15, 0.2) is 96.1 Å². The molecule has 52 heavy (non-hydrogen) atoms. The van der Waals surface area contributed by atoms with Crippen LogP contribution in [0.5, 0.6) is 5.75 Å². The topological polar surface area (TPSA) is 193 Å². The molecule has 0 atom stereocenters. The van der Waals surface area contributed by atoms with Crippen molar-refractivity contribution in [2.45, 2.75) is 25.9 Å². The molecule has 1 amide bonds. The SMILES string of the molecule is O=C=O.[CH-]=CC(=O)N(O)CCCN(Cc1ccc(CN)cc1)C(=S)Nc1ccc(C2=C3C=CC(=O)C=C3Cc3cc(O)ccc32)c(C(=O)[O-])c1.[Na+].[Na+]. The normalized spacial score (nSPS) is 12.2. The number of phenols is 1. The van der Waals surface area contributed by atoms with Gasteiger partial charge in [-0.05, 0) is 106 Å². The van der Waals surface area contributed by atoms with Crippen molar-refractivity contribution in [2.24, 2.45) is 5.73 Å². The Bertz CT molecular complexity index is 1970. The Morgan fingerprint density at radius 2 is 1.65 bits per heavy atom. The number of aromatic carboxylic acids is 1. The van der Waals surface area contributed by atoms with Gasteiger partial charge in [-0.2, -0.15) is 15.7 Å². The van der Waals surface area contributed by atoms with Crippen LogP contribution < -0.4 is 75.3 Å². The number of amides is 1. The molecule has 5 N–H and O–H groups in total. The van der Waals surface area contributed by atoms with Crippen molar-refractivity contribution < 1.29 is 98.5 Å². The van der Waals surface area contributed by atoms with Gasteiger partial charge in [0.2, 0.25) is 0 Å². The van der Waals surface area contributed by atoms with E-state index in [1.165, 1.54) is 24.3 Å². The van der Waals surface area contributed by atoms with Gasteiger partial charge >= 0.3 is 65.3 Å². The number of hydrogen-bond acceptors (Lipinski definition) is 10. The van der Waals surface area contributed by atoms with Crippen molar-refractivity contribution in [1.29, 1.82) is 0 Å². The minimum absolute atomic E-state index is 0. The fourth-order valence-corrected chi connectivity index (χ4v) is 5.92. The number of rotatable bonds is 11. The third-order valence-corrected chi connectivity index (χ3v) is 8.32. The zero-order valence-corrected chi connectivity index (χ0v) is 33.4. The number of allylic oxidation sites excluding steroid dienone is 5. The molecular formula is C37H32N4Na2O8S. The Labute approximate surface area is 349 Å². The number of thiocarbonyl (C=S) groups is 1. The predicted molar refractivity (Wildman–Crippen MR) is 184 cm³/mol. The van der Waals surface area contributed by atoms with Crippen LogP contribution in [0.2, 0.25) is 0 Å². The number of anilines is 1. The van der Waals surface area contributed by atoms with E-state index in [0.717, 1.165) is 39.5 Å². The number of nitrogens with one attached hydrogen (secondary N) is 1. The summed E-state index contributed by atoms with van der Waals surface area (Å²) in [6, 6.07) is 17.4. The number of hydroxylamine groups is 2. The second-order valence-corrected chi connectivity index (χ2v) is 11.6. The van der Waals surface area contributed by atoms with Crippen LogP contribution in [-0.4, -0.2) is 62.3 Å². The number of carbonyl (C=O) groups is 3. The van der Waals surface area contributed by atoms with Crippen LogP contribution in [0, 0.1) is 6.58 Å². The van der Waals surface area contributed by atoms with Gasteiger partial charge in [-0.1, -0.05) is 42.5 Å². The van der Waals surface area contributed by atoms with Crippen LogP contribution in [0.1, 0.15) is 44.6 Å². The standard InChI is InChI=1S/C36H33N4O6S.CO2.2Na/c1-2-33(43)40(46)15-3-14-39(21-23-6-4-22(20-37)5-7-23)36(47)38-26-8-11-31(32(19-26)35(44)45)34-29-12-9-27(41)17-24(29)16-25-18-28(42)10-13-30(25)34;2-1-3;;/h1-2,4-13,17-19,41,46H,3,14-16,20-21,37H2,(H,38,47)(H,44,45);;;/q-1;;2*+1/p-1. The van der Waals surface area contributed by atoms with Crippen molar-refractivity contribution in [3.05, 3.63) is 136 Å². The average Bonchev–Trinajstić information content (AvgIpc) is 3.10. The summed E-state index contributed by atoms with van der Waals surface area (Å²) in [4.78, 5) is 54.5. The quantitative estimate of drug-likeness (QED) is 0.0387. The number of aromatic hydroxyl groups is 1. The molecule has 3 aromatic carbocycles. The number of carbonyl (C=O) groups excluding carboxylic acids is 5. The van der Waals surface area contributed by atoms with Gasteiger partial charge in [0.05, 0.1) is 5.97 Å².